The zero-order valence-corrected chi connectivity index (χ0v) is 8.74. The minimum atomic E-state index is -0.609. The molecule has 0 amide bonds. The van der Waals surface area contributed by atoms with E-state index in [1.165, 1.54) is 0 Å². The number of piperidine rings is 1. The van der Waals surface area contributed by atoms with Gasteiger partial charge in [0.25, 0.3) is 0 Å². The van der Waals surface area contributed by atoms with Crippen molar-refractivity contribution in [3.8, 4) is 0 Å². The van der Waals surface area contributed by atoms with E-state index in [1.54, 1.807) is 6.20 Å². The van der Waals surface area contributed by atoms with Gasteiger partial charge in [-0.25, -0.2) is 4.98 Å². The predicted octanol–water partition coefficient (Wildman–Crippen LogP) is 0.321. The van der Waals surface area contributed by atoms with Gasteiger partial charge in [-0.1, -0.05) is 6.07 Å². The van der Waals surface area contributed by atoms with Crippen LogP contribution in [0, 0.1) is 0 Å². The molecular formula is C11H17N3O. The lowest BCUT2D eigenvalue weighted by Crippen LogP contribution is -2.43. The quantitative estimate of drug-likeness (QED) is 0.653. The number of hydrogen-bond acceptors (Lipinski definition) is 4. The molecule has 1 fully saturated rings. The molecule has 0 radical (unpaired) electrons. The van der Waals surface area contributed by atoms with Crippen LogP contribution in [-0.4, -0.2) is 28.8 Å². The Morgan fingerprint density at radius 1 is 1.47 bits per heavy atom. The summed E-state index contributed by atoms with van der Waals surface area (Å²) < 4.78 is 0. The van der Waals surface area contributed by atoms with Gasteiger partial charge in [-0.15, -0.1) is 0 Å². The molecule has 4 N–H and O–H groups in total. The molecule has 82 valence electrons. The molecule has 0 spiro atoms. The van der Waals surface area contributed by atoms with Gasteiger partial charge in [0.2, 0.25) is 0 Å². The van der Waals surface area contributed by atoms with E-state index in [9.17, 15) is 5.11 Å². The highest BCUT2D eigenvalue weighted by Crippen LogP contribution is 2.24. The van der Waals surface area contributed by atoms with Gasteiger partial charge in [0, 0.05) is 12.6 Å². The molecule has 0 bridgehead atoms. The zero-order chi connectivity index (χ0) is 10.7. The highest BCUT2D eigenvalue weighted by molar-refractivity contribution is 5.39. The summed E-state index contributed by atoms with van der Waals surface area (Å²) in [5.74, 6) is 0.532. The third kappa shape index (κ3) is 2.46. The second-order valence-corrected chi connectivity index (χ2v) is 4.20. The van der Waals surface area contributed by atoms with E-state index in [0.717, 1.165) is 31.5 Å². The van der Waals surface area contributed by atoms with Crippen LogP contribution in [0.5, 0.6) is 0 Å². The van der Waals surface area contributed by atoms with E-state index in [4.69, 9.17) is 5.73 Å². The van der Waals surface area contributed by atoms with Crippen LogP contribution < -0.4 is 11.1 Å². The Morgan fingerprint density at radius 2 is 2.20 bits per heavy atom. The molecule has 1 saturated heterocycles. The smallest absolute Gasteiger partial charge is 0.126 e. The maximum absolute atomic E-state index is 10.3. The van der Waals surface area contributed by atoms with E-state index >= 15 is 0 Å². The number of aromatic nitrogens is 1. The molecule has 1 aliphatic heterocycles. The van der Waals surface area contributed by atoms with Crippen molar-refractivity contribution in [3.05, 3.63) is 23.9 Å². The molecule has 0 aliphatic carbocycles. The molecule has 15 heavy (non-hydrogen) atoms. The largest absolute Gasteiger partial charge is 0.389 e. The lowest BCUT2D eigenvalue weighted by atomic mass is 9.86. The van der Waals surface area contributed by atoms with E-state index in [1.807, 2.05) is 12.1 Å². The highest BCUT2D eigenvalue weighted by Gasteiger charge is 2.29. The average molecular weight is 207 g/mol. The Bertz CT molecular complexity index is 334. The summed E-state index contributed by atoms with van der Waals surface area (Å²) in [5.41, 5.74) is 6.10. The van der Waals surface area contributed by atoms with Crippen molar-refractivity contribution >= 4 is 5.82 Å². The van der Waals surface area contributed by atoms with Gasteiger partial charge in [-0.05, 0) is 37.6 Å². The Labute approximate surface area is 89.5 Å². The molecule has 1 aliphatic rings. The number of nitrogens with one attached hydrogen (secondary N) is 1. The highest BCUT2D eigenvalue weighted by atomic mass is 16.3. The second kappa shape index (κ2) is 4.16. The van der Waals surface area contributed by atoms with Gasteiger partial charge >= 0.3 is 0 Å². The van der Waals surface area contributed by atoms with Crippen molar-refractivity contribution in [1.29, 1.82) is 0 Å². The predicted molar refractivity (Wildman–Crippen MR) is 59.4 cm³/mol. The van der Waals surface area contributed by atoms with E-state index in [0.29, 0.717) is 12.2 Å². The Balaban J connectivity index is 2.10. The third-order valence-electron chi connectivity index (χ3n) is 2.98. The first-order valence-corrected chi connectivity index (χ1v) is 5.32. The molecular weight excluding hydrogens is 190 g/mol. The monoisotopic (exact) mass is 207 g/mol. The van der Waals surface area contributed by atoms with Crippen LogP contribution in [0.4, 0.5) is 5.82 Å². The van der Waals surface area contributed by atoms with Gasteiger partial charge in [-0.3, -0.25) is 0 Å². The number of anilines is 1. The van der Waals surface area contributed by atoms with Crippen LogP contribution in [0.1, 0.15) is 18.4 Å². The van der Waals surface area contributed by atoms with Crippen LogP contribution >= 0.6 is 0 Å². The van der Waals surface area contributed by atoms with Crippen molar-refractivity contribution in [2.75, 3.05) is 18.8 Å². The number of nitrogens with two attached hydrogens (primary N) is 1. The van der Waals surface area contributed by atoms with E-state index in [2.05, 4.69) is 10.3 Å². The minimum absolute atomic E-state index is 0.532. The van der Waals surface area contributed by atoms with E-state index in [-0.39, 0.29) is 0 Å². The van der Waals surface area contributed by atoms with Crippen molar-refractivity contribution in [2.24, 2.45) is 0 Å². The Morgan fingerprint density at radius 3 is 2.87 bits per heavy atom. The molecule has 4 nitrogen and oxygen atoms in total. The first-order valence-electron chi connectivity index (χ1n) is 5.32. The number of nitrogens with zero attached hydrogens (tertiary/aromatic N) is 1. The fourth-order valence-corrected chi connectivity index (χ4v) is 2.02. The number of rotatable bonds is 2. The van der Waals surface area contributed by atoms with Crippen molar-refractivity contribution in [3.63, 3.8) is 0 Å². The van der Waals surface area contributed by atoms with Crippen LogP contribution in [0.15, 0.2) is 18.3 Å². The summed E-state index contributed by atoms with van der Waals surface area (Å²) in [6.07, 6.45) is 3.84. The normalized spacial score (nSPS) is 20.1. The van der Waals surface area contributed by atoms with Gasteiger partial charge in [0.15, 0.2) is 0 Å². The molecule has 0 atom stereocenters. The summed E-state index contributed by atoms with van der Waals surface area (Å²) in [7, 11) is 0. The first-order chi connectivity index (χ1) is 7.20. The van der Waals surface area contributed by atoms with Crippen LogP contribution in [0.2, 0.25) is 0 Å². The van der Waals surface area contributed by atoms with E-state index < -0.39 is 5.60 Å². The average Bonchev–Trinajstić information content (AvgIpc) is 2.22. The molecule has 1 aromatic heterocycles. The van der Waals surface area contributed by atoms with Gasteiger partial charge < -0.3 is 16.2 Å². The van der Waals surface area contributed by atoms with Crippen molar-refractivity contribution in [1.82, 2.24) is 10.3 Å². The second-order valence-electron chi connectivity index (χ2n) is 4.20. The Kier molecular flexibility index (Phi) is 2.88. The maximum atomic E-state index is 10.3. The molecule has 0 aromatic carbocycles. The molecule has 0 unspecified atom stereocenters. The minimum Gasteiger partial charge on any atom is -0.389 e. The molecule has 2 heterocycles. The number of hydrogen-bond donors (Lipinski definition) is 3. The van der Waals surface area contributed by atoms with Crippen molar-refractivity contribution in [2.45, 2.75) is 24.9 Å². The van der Waals surface area contributed by atoms with Crippen LogP contribution in [0.3, 0.4) is 0 Å². The first kappa shape index (κ1) is 10.4. The summed E-state index contributed by atoms with van der Waals surface area (Å²) in [5, 5.41) is 13.6. The Hall–Kier alpha value is -1.13. The number of pyridine rings is 1. The van der Waals surface area contributed by atoms with Crippen LogP contribution in [0.25, 0.3) is 0 Å². The summed E-state index contributed by atoms with van der Waals surface area (Å²) in [6, 6.07) is 3.79. The molecule has 4 heteroatoms. The standard InChI is InChI=1S/C11H17N3O/c12-10-9(2-1-5-14-10)8-11(15)3-6-13-7-4-11/h1-2,5,13,15H,3-4,6-8H2,(H2,12,14). The molecule has 1 aromatic rings. The zero-order valence-electron chi connectivity index (χ0n) is 8.74. The topological polar surface area (TPSA) is 71.2 Å². The summed E-state index contributed by atoms with van der Waals surface area (Å²) in [4.78, 5) is 4.03. The van der Waals surface area contributed by atoms with Gasteiger partial charge in [0.1, 0.15) is 5.82 Å². The number of nitrogen functional groups attached to an aromatic ring is 1. The molecule has 2 rings (SSSR count). The SMILES string of the molecule is Nc1ncccc1CC1(O)CCNCC1. The lowest BCUT2D eigenvalue weighted by Gasteiger charge is -2.32. The lowest BCUT2D eigenvalue weighted by molar-refractivity contribution is 0.0109. The third-order valence-corrected chi connectivity index (χ3v) is 2.98. The maximum Gasteiger partial charge on any atom is 0.126 e. The van der Waals surface area contributed by atoms with Gasteiger partial charge in [-0.2, -0.15) is 0 Å². The fourth-order valence-electron chi connectivity index (χ4n) is 2.02. The fraction of sp³-hybridized carbons (Fsp3) is 0.545. The van der Waals surface area contributed by atoms with Gasteiger partial charge in [0.05, 0.1) is 5.60 Å². The molecule has 0 saturated carbocycles. The summed E-state index contributed by atoms with van der Waals surface area (Å²) >= 11 is 0. The summed E-state index contributed by atoms with van der Waals surface area (Å²) in [6.45, 7) is 1.74. The van der Waals surface area contributed by atoms with Crippen molar-refractivity contribution < 1.29 is 5.11 Å². The number of aliphatic hydroxyl groups is 1. The van der Waals surface area contributed by atoms with Crippen LogP contribution in [-0.2, 0) is 6.42 Å².